The van der Waals surface area contributed by atoms with Gasteiger partial charge in [0.25, 0.3) is 0 Å². The molecular weight excluding hydrogens is 182 g/mol. The Hall–Kier alpha value is 0.308. The van der Waals surface area contributed by atoms with E-state index in [1.54, 1.807) is 0 Å². The molecular formula is C2H4AsClO3. The van der Waals surface area contributed by atoms with Gasteiger partial charge in [-0.2, -0.15) is 0 Å². The summed E-state index contributed by atoms with van der Waals surface area (Å²) in [4.78, 5) is 0. The molecule has 0 bridgehead atoms. The van der Waals surface area contributed by atoms with Crippen molar-refractivity contribution in [1.29, 1.82) is 0 Å². The summed E-state index contributed by atoms with van der Waals surface area (Å²) in [5.41, 5.74) is 1.06. The third kappa shape index (κ3) is 6.31. The van der Waals surface area contributed by atoms with E-state index in [0.717, 1.165) is 11.8 Å². The van der Waals surface area contributed by atoms with Gasteiger partial charge in [0.2, 0.25) is 0 Å². The molecule has 0 radical (unpaired) electrons. The molecule has 0 aromatic rings. The Morgan fingerprint density at radius 1 is 1.57 bits per heavy atom. The molecule has 3 nitrogen and oxygen atoms in total. The number of hydrogen-bond acceptors (Lipinski definition) is 3. The number of halogens is 1. The maximum atomic E-state index is 8.05. The predicted octanol–water partition coefficient (Wildman–Crippen LogP) is -0.318. The van der Waals surface area contributed by atoms with E-state index in [-0.39, 0.29) is 0 Å². The van der Waals surface area contributed by atoms with E-state index < -0.39 is 15.7 Å². The average Bonchev–Trinajstić information content (AvgIpc) is 1.61. The van der Waals surface area contributed by atoms with Crippen molar-refractivity contribution in [1.82, 2.24) is 0 Å². The first-order valence-corrected chi connectivity index (χ1v) is 4.25. The van der Waals surface area contributed by atoms with Gasteiger partial charge in [0.1, 0.15) is 0 Å². The molecule has 0 heterocycles. The normalized spacial score (nSPS) is 10.9. The quantitative estimate of drug-likeness (QED) is 0.459. The van der Waals surface area contributed by atoms with Crippen LogP contribution < -0.4 is 0 Å². The molecule has 0 aromatic heterocycles. The molecule has 0 aliphatic heterocycles. The predicted molar refractivity (Wildman–Crippen MR) is 26.3 cm³/mol. The zero-order valence-electron chi connectivity index (χ0n) is 3.28. The summed E-state index contributed by atoms with van der Waals surface area (Å²) in [7, 11) is 0. The molecule has 0 saturated carbocycles. The molecule has 0 amide bonds. The summed E-state index contributed by atoms with van der Waals surface area (Å²) in [6.45, 7) is 0. The Morgan fingerprint density at radius 3 is 2.29 bits per heavy atom. The summed E-state index contributed by atoms with van der Waals surface area (Å²) in [6, 6.07) is 0. The summed E-state index contributed by atoms with van der Waals surface area (Å²) >= 11 is 2.03. The Balaban J connectivity index is 2.97. The fourth-order valence-electron chi connectivity index (χ4n) is 0.0774. The number of hydrogen-bond donors (Lipinski definition) is 2. The summed E-state index contributed by atoms with van der Waals surface area (Å²) in [6.07, 6.45) is 1.03. The molecule has 0 rings (SSSR count). The second-order valence-electron chi connectivity index (χ2n) is 0.620. The second kappa shape index (κ2) is 4.47. The zero-order valence-corrected chi connectivity index (χ0v) is 5.92. The Labute approximate surface area is 51.5 Å². The molecule has 5 heteroatoms. The van der Waals surface area contributed by atoms with Crippen molar-refractivity contribution in [2.24, 2.45) is 0 Å². The van der Waals surface area contributed by atoms with E-state index >= 15 is 0 Å². The monoisotopic (exact) mass is 186 g/mol. The van der Waals surface area contributed by atoms with Crippen LogP contribution >= 0.6 is 11.6 Å². The van der Waals surface area contributed by atoms with E-state index in [9.17, 15) is 0 Å². The van der Waals surface area contributed by atoms with E-state index in [2.05, 4.69) is 3.73 Å². The average molecular weight is 186 g/mol. The van der Waals surface area contributed by atoms with Crippen molar-refractivity contribution in [2.45, 2.75) is 0 Å². The van der Waals surface area contributed by atoms with Gasteiger partial charge in [-0.15, -0.1) is 0 Å². The molecule has 0 unspecified atom stereocenters. The van der Waals surface area contributed by atoms with Gasteiger partial charge in [0.15, 0.2) is 0 Å². The van der Waals surface area contributed by atoms with Gasteiger partial charge in [-0.1, -0.05) is 0 Å². The molecule has 7 heavy (non-hydrogen) atoms. The van der Waals surface area contributed by atoms with Crippen LogP contribution in [0.25, 0.3) is 0 Å². The Morgan fingerprint density at radius 2 is 2.14 bits per heavy atom. The van der Waals surface area contributed by atoms with Crippen LogP contribution in [0.4, 0.5) is 0 Å². The summed E-state index contributed by atoms with van der Waals surface area (Å²) in [5, 5.41) is 0. The van der Waals surface area contributed by atoms with E-state index in [1.807, 2.05) is 0 Å². The van der Waals surface area contributed by atoms with Gasteiger partial charge in [0, 0.05) is 0 Å². The maximum absolute atomic E-state index is 8.05. The topological polar surface area (TPSA) is 49.7 Å². The van der Waals surface area contributed by atoms with Crippen molar-refractivity contribution in [3.8, 4) is 0 Å². The summed E-state index contributed by atoms with van der Waals surface area (Å²) < 4.78 is 20.2. The first-order chi connectivity index (χ1) is 3.27. The molecule has 0 fully saturated rings. The van der Waals surface area contributed by atoms with E-state index in [4.69, 9.17) is 19.8 Å². The fraction of sp³-hybridized carbons (Fsp3) is 0. The first kappa shape index (κ1) is 7.31. The minimum absolute atomic E-state index is 1.03. The van der Waals surface area contributed by atoms with Gasteiger partial charge >= 0.3 is 51.0 Å². The Kier molecular flexibility index (Phi) is 4.66. The van der Waals surface area contributed by atoms with E-state index in [0.29, 0.717) is 0 Å². The first-order valence-electron chi connectivity index (χ1n) is 1.37. The van der Waals surface area contributed by atoms with Gasteiger partial charge in [-0.3, -0.25) is 0 Å². The molecule has 0 aliphatic carbocycles. The SMILES string of the molecule is O[As](O)OC=CCl. The third-order valence-electron chi connectivity index (χ3n) is 0.207. The zero-order chi connectivity index (χ0) is 5.70. The Bertz CT molecular complexity index is 64.0. The van der Waals surface area contributed by atoms with Crippen LogP contribution in [-0.4, -0.2) is 23.9 Å². The van der Waals surface area contributed by atoms with Crippen molar-refractivity contribution in [3.63, 3.8) is 0 Å². The van der Waals surface area contributed by atoms with Crippen LogP contribution in [0.5, 0.6) is 0 Å². The van der Waals surface area contributed by atoms with Gasteiger partial charge in [0.05, 0.1) is 0 Å². The van der Waals surface area contributed by atoms with Gasteiger partial charge in [-0.05, 0) is 0 Å². The van der Waals surface area contributed by atoms with Crippen LogP contribution in [-0.2, 0) is 3.73 Å². The molecule has 0 atom stereocenters. The standard InChI is InChI=1S/C2H4AsClO3/c4-1-2-7-3(5)6/h1-2,5-6H. The van der Waals surface area contributed by atoms with Crippen molar-refractivity contribution >= 4 is 27.3 Å². The van der Waals surface area contributed by atoms with Crippen molar-refractivity contribution in [2.75, 3.05) is 0 Å². The molecule has 0 aromatic carbocycles. The van der Waals surface area contributed by atoms with Crippen LogP contribution in [0, 0.1) is 0 Å². The second-order valence-corrected chi connectivity index (χ2v) is 2.38. The molecule has 0 saturated heterocycles. The molecule has 0 aliphatic rings. The molecule has 2 N–H and O–H groups in total. The van der Waals surface area contributed by atoms with Crippen molar-refractivity contribution in [3.05, 3.63) is 11.8 Å². The van der Waals surface area contributed by atoms with E-state index in [1.165, 1.54) is 0 Å². The van der Waals surface area contributed by atoms with Gasteiger partial charge in [-0.25, -0.2) is 0 Å². The van der Waals surface area contributed by atoms with Crippen LogP contribution in [0.2, 0.25) is 0 Å². The fourth-order valence-corrected chi connectivity index (χ4v) is 0.641. The third-order valence-corrected chi connectivity index (χ3v) is 0.960. The summed E-state index contributed by atoms with van der Waals surface area (Å²) in [5.74, 6) is 0. The van der Waals surface area contributed by atoms with Gasteiger partial charge < -0.3 is 0 Å². The van der Waals surface area contributed by atoms with Crippen molar-refractivity contribution < 1.29 is 11.9 Å². The van der Waals surface area contributed by atoms with Crippen LogP contribution in [0.3, 0.4) is 0 Å². The van der Waals surface area contributed by atoms with Crippen LogP contribution in [0.15, 0.2) is 11.8 Å². The molecule has 42 valence electrons. The minimum atomic E-state index is -2.91. The van der Waals surface area contributed by atoms with Crippen LogP contribution in [0.1, 0.15) is 0 Å². The molecule has 0 spiro atoms. The number of rotatable bonds is 2.